The second-order valence-electron chi connectivity index (χ2n) is 4.76. The molecule has 0 atom stereocenters. The van der Waals surface area contributed by atoms with Crippen LogP contribution in [0.5, 0.6) is 0 Å². The van der Waals surface area contributed by atoms with Crippen LogP contribution in [-0.2, 0) is 37.4 Å². The Kier molecular flexibility index (Phi) is 3.94. The summed E-state index contributed by atoms with van der Waals surface area (Å²) in [5.74, 6) is -1.22. The first kappa shape index (κ1) is 15.1. The fourth-order valence-electron chi connectivity index (χ4n) is 2.64. The van der Waals surface area contributed by atoms with Crippen LogP contribution >= 0.6 is 0 Å². The second kappa shape index (κ2) is 5.75. The zero-order chi connectivity index (χ0) is 14.4. The summed E-state index contributed by atoms with van der Waals surface area (Å²) < 4.78 is 4.75. The molecule has 0 fully saturated rings. The van der Waals surface area contributed by atoms with Crippen molar-refractivity contribution in [3.63, 3.8) is 0 Å². The number of ether oxygens (including phenoxy) is 1. The molecule has 0 unspecified atom stereocenters. The molecule has 1 heterocycles. The Morgan fingerprint density at radius 2 is 1.50 bits per heavy atom. The average Bonchev–Trinajstić information content (AvgIpc) is 2.53. The third kappa shape index (κ3) is 2.21. The first-order valence-corrected chi connectivity index (χ1v) is 6.47. The summed E-state index contributed by atoms with van der Waals surface area (Å²) in [5, 5.41) is 1.34. The van der Waals surface area contributed by atoms with E-state index in [2.05, 4.69) is 12.1 Å². The van der Waals surface area contributed by atoms with Crippen LogP contribution in [0.25, 0.3) is 21.9 Å². The number of rotatable bonds is 1. The van der Waals surface area contributed by atoms with E-state index >= 15 is 0 Å². The molecular weight excluding hydrogens is 353 g/mol. The molecule has 0 saturated heterocycles. The number of hydrogen-bond acceptors (Lipinski definition) is 3. The number of esters is 2. The molecule has 0 spiro atoms. The fraction of sp³-hybridized carbons (Fsp3) is 0. The van der Waals surface area contributed by atoms with Gasteiger partial charge < -0.3 is 4.74 Å². The minimum atomic E-state index is -0.610. The minimum absolute atomic E-state index is 0. The Hall–Kier alpha value is -1.84. The van der Waals surface area contributed by atoms with E-state index in [9.17, 15) is 9.59 Å². The van der Waals surface area contributed by atoms with Crippen LogP contribution in [0.4, 0.5) is 0 Å². The van der Waals surface area contributed by atoms with E-state index in [0.717, 1.165) is 16.5 Å². The summed E-state index contributed by atoms with van der Waals surface area (Å²) >= 11 is 0. The molecular formula is C18H8O3Y-2. The van der Waals surface area contributed by atoms with Crippen molar-refractivity contribution in [1.29, 1.82) is 0 Å². The van der Waals surface area contributed by atoms with Gasteiger partial charge in [-0.2, -0.15) is 0 Å². The van der Waals surface area contributed by atoms with Crippen LogP contribution < -0.4 is 0 Å². The van der Waals surface area contributed by atoms with Gasteiger partial charge in [0.15, 0.2) is 0 Å². The summed E-state index contributed by atoms with van der Waals surface area (Å²) in [6, 6.07) is 20.7. The van der Waals surface area contributed by atoms with Crippen molar-refractivity contribution in [2.24, 2.45) is 0 Å². The van der Waals surface area contributed by atoms with Gasteiger partial charge in [0.1, 0.15) is 0 Å². The molecule has 3 nitrogen and oxygen atoms in total. The Labute approximate surface area is 152 Å². The van der Waals surface area contributed by atoms with Gasteiger partial charge in [0, 0.05) is 38.3 Å². The van der Waals surface area contributed by atoms with E-state index in [0.29, 0.717) is 16.5 Å². The van der Waals surface area contributed by atoms with Crippen molar-refractivity contribution >= 4 is 22.7 Å². The zero-order valence-electron chi connectivity index (χ0n) is 11.4. The number of benzene rings is 3. The van der Waals surface area contributed by atoms with Gasteiger partial charge in [0.25, 0.3) is 0 Å². The van der Waals surface area contributed by atoms with Crippen molar-refractivity contribution < 1.29 is 47.0 Å². The van der Waals surface area contributed by atoms with E-state index in [1.54, 1.807) is 18.2 Å². The molecule has 0 saturated carbocycles. The predicted molar refractivity (Wildman–Crippen MR) is 76.8 cm³/mol. The summed E-state index contributed by atoms with van der Waals surface area (Å²) in [6.45, 7) is 0. The number of carbonyl (C=O) groups excluding carboxylic acids is 2. The first-order valence-electron chi connectivity index (χ1n) is 6.47. The maximum absolute atomic E-state index is 11.9. The van der Waals surface area contributed by atoms with Crippen molar-refractivity contribution in [2.45, 2.75) is 0 Å². The first-order chi connectivity index (χ1) is 10.3. The third-order valence-corrected chi connectivity index (χ3v) is 3.58. The molecule has 0 N–H and O–H groups in total. The Balaban J connectivity index is 0.00000144. The van der Waals surface area contributed by atoms with Crippen molar-refractivity contribution in [2.75, 3.05) is 0 Å². The van der Waals surface area contributed by atoms with Crippen LogP contribution in [0.1, 0.15) is 20.7 Å². The van der Waals surface area contributed by atoms with E-state index in [1.807, 2.05) is 30.3 Å². The quantitative estimate of drug-likeness (QED) is 0.379. The summed E-state index contributed by atoms with van der Waals surface area (Å²) in [5.41, 5.74) is 2.58. The van der Waals surface area contributed by atoms with Gasteiger partial charge in [-0.15, -0.1) is 65.0 Å². The van der Waals surface area contributed by atoms with Crippen molar-refractivity contribution in [1.82, 2.24) is 0 Å². The maximum Gasteiger partial charge on any atom is 0.337 e. The Morgan fingerprint density at radius 3 is 2.23 bits per heavy atom. The summed E-state index contributed by atoms with van der Waals surface area (Å²) in [6.07, 6.45) is 0. The standard InChI is InChI=1S/C18H8O3.Y/c19-17-14-8-4-7-13-12(11-5-2-1-3-6-11)9-10-15(16(13)14)18(20)21-17;/h1-5,8-10H;/q-2;. The second-order valence-corrected chi connectivity index (χ2v) is 4.76. The number of carbonyl (C=O) groups is 2. The molecule has 22 heavy (non-hydrogen) atoms. The van der Waals surface area contributed by atoms with Crippen molar-refractivity contribution in [3.05, 3.63) is 71.8 Å². The third-order valence-electron chi connectivity index (χ3n) is 3.58. The fourth-order valence-corrected chi connectivity index (χ4v) is 2.64. The number of hydrogen-bond donors (Lipinski definition) is 0. The zero-order valence-corrected chi connectivity index (χ0v) is 14.3. The van der Waals surface area contributed by atoms with Crippen LogP contribution in [-0.4, -0.2) is 11.9 Å². The Morgan fingerprint density at radius 1 is 0.773 bits per heavy atom. The molecule has 1 radical (unpaired) electrons. The molecule has 3 aromatic carbocycles. The largest absolute Gasteiger partial charge is 0.387 e. The van der Waals surface area contributed by atoms with Gasteiger partial charge >= 0.3 is 11.9 Å². The average molecular weight is 361 g/mol. The predicted octanol–water partition coefficient (Wildman–Crippen LogP) is 3.42. The molecule has 0 aromatic heterocycles. The molecule has 103 valence electrons. The van der Waals surface area contributed by atoms with Crippen LogP contribution in [0.15, 0.2) is 48.5 Å². The van der Waals surface area contributed by atoms with E-state index in [4.69, 9.17) is 4.74 Å². The van der Waals surface area contributed by atoms with Gasteiger partial charge in [-0.3, -0.25) is 0 Å². The van der Waals surface area contributed by atoms with Gasteiger partial charge in [0.2, 0.25) is 0 Å². The molecule has 0 amide bonds. The monoisotopic (exact) mass is 361 g/mol. The minimum Gasteiger partial charge on any atom is -0.387 e. The Bertz CT molecular complexity index is 881. The van der Waals surface area contributed by atoms with Gasteiger partial charge in [-0.25, -0.2) is 9.59 Å². The summed E-state index contributed by atoms with van der Waals surface area (Å²) in [4.78, 5) is 23.7. The molecule has 0 bridgehead atoms. The van der Waals surface area contributed by atoms with Gasteiger partial charge in [-0.1, -0.05) is 17.5 Å². The van der Waals surface area contributed by atoms with Crippen LogP contribution in [0, 0.1) is 12.1 Å². The SMILES string of the molecule is O=C1OC(=O)c2ccc(-c3[c-]cccc3)c3[c-]ccc1c23.[Y]. The molecule has 1 aliphatic rings. The van der Waals surface area contributed by atoms with E-state index in [1.165, 1.54) is 0 Å². The molecule has 4 rings (SSSR count). The van der Waals surface area contributed by atoms with Crippen LogP contribution in [0.3, 0.4) is 0 Å². The van der Waals surface area contributed by atoms with E-state index in [-0.39, 0.29) is 32.7 Å². The molecule has 0 aliphatic carbocycles. The molecule has 1 aliphatic heterocycles. The van der Waals surface area contributed by atoms with E-state index < -0.39 is 11.9 Å². The van der Waals surface area contributed by atoms with Crippen molar-refractivity contribution in [3.8, 4) is 11.1 Å². The topological polar surface area (TPSA) is 43.4 Å². The smallest absolute Gasteiger partial charge is 0.337 e. The maximum atomic E-state index is 11.9. The number of cyclic esters (lactones) is 2. The molecule has 3 aromatic rings. The normalized spacial score (nSPS) is 12.7. The molecule has 4 heteroatoms. The van der Waals surface area contributed by atoms with Gasteiger partial charge in [0.05, 0.1) is 0 Å². The van der Waals surface area contributed by atoms with Crippen LogP contribution in [0.2, 0.25) is 0 Å². The van der Waals surface area contributed by atoms with Gasteiger partial charge in [-0.05, 0) is 5.56 Å². The summed E-state index contributed by atoms with van der Waals surface area (Å²) in [7, 11) is 0.